The Morgan fingerprint density at radius 2 is 1.84 bits per heavy atom. The second kappa shape index (κ2) is 5.03. The van der Waals surface area contributed by atoms with Crippen molar-refractivity contribution in [3.05, 3.63) is 53.8 Å². The first kappa shape index (κ1) is 11.6. The number of nitrogens with zero attached hydrogens (tertiary/aromatic N) is 4. The molecule has 0 bridgehead atoms. The summed E-state index contributed by atoms with van der Waals surface area (Å²) in [5, 5.41) is 0. The van der Waals surface area contributed by atoms with E-state index in [1.165, 1.54) is 0 Å². The maximum Gasteiger partial charge on any atom is 0.159 e. The Bertz CT molecular complexity index is 679. The Kier molecular flexibility index (Phi) is 3.07. The maximum atomic E-state index is 5.19. The van der Waals surface area contributed by atoms with Crippen LogP contribution < -0.4 is 0 Å². The first-order valence-electron chi connectivity index (χ1n) is 5.61. The van der Waals surface area contributed by atoms with E-state index in [1.54, 1.807) is 31.0 Å². The van der Waals surface area contributed by atoms with Crippen LogP contribution in [0.15, 0.2) is 49.2 Å². The molecule has 0 aliphatic rings. The number of hydrogen-bond acceptors (Lipinski definition) is 5. The van der Waals surface area contributed by atoms with Crippen molar-refractivity contribution < 1.29 is 0 Å². The fourth-order valence-electron chi connectivity index (χ4n) is 1.69. The summed E-state index contributed by atoms with van der Waals surface area (Å²) in [6, 6.07) is 5.62. The van der Waals surface area contributed by atoms with Crippen molar-refractivity contribution in [3.8, 4) is 22.8 Å². The fourth-order valence-corrected chi connectivity index (χ4v) is 1.90. The van der Waals surface area contributed by atoms with Gasteiger partial charge in [-0.15, -0.1) is 0 Å². The Labute approximate surface area is 114 Å². The largest absolute Gasteiger partial charge is 0.338 e. The molecule has 0 aromatic carbocycles. The average molecular weight is 267 g/mol. The molecule has 0 fully saturated rings. The van der Waals surface area contributed by atoms with E-state index in [0.29, 0.717) is 16.2 Å². The normalized spacial score (nSPS) is 10.3. The third-order valence-corrected chi connectivity index (χ3v) is 2.75. The SMILES string of the molecule is S=c1cc(-c2ccncc2)[nH]c(-c2cnccn2)n1. The van der Waals surface area contributed by atoms with Crippen LogP contribution in [0.2, 0.25) is 0 Å². The second-order valence-electron chi connectivity index (χ2n) is 3.81. The van der Waals surface area contributed by atoms with Gasteiger partial charge < -0.3 is 4.98 Å². The topological polar surface area (TPSA) is 67.3 Å². The molecule has 0 saturated heterocycles. The number of nitrogens with one attached hydrogen (secondary N) is 1. The summed E-state index contributed by atoms with van der Waals surface area (Å²) in [5.41, 5.74) is 2.53. The molecule has 0 spiro atoms. The minimum Gasteiger partial charge on any atom is -0.338 e. The minimum absolute atomic E-state index is 0.506. The number of aromatic nitrogens is 5. The lowest BCUT2D eigenvalue weighted by molar-refractivity contribution is 1.10. The second-order valence-corrected chi connectivity index (χ2v) is 4.23. The lowest BCUT2D eigenvalue weighted by atomic mass is 10.2. The summed E-state index contributed by atoms with van der Waals surface area (Å²) in [6.07, 6.45) is 8.34. The summed E-state index contributed by atoms with van der Waals surface area (Å²) in [7, 11) is 0. The predicted octanol–water partition coefficient (Wildman–Crippen LogP) is 2.66. The summed E-state index contributed by atoms with van der Waals surface area (Å²) >= 11 is 5.19. The van der Waals surface area contributed by atoms with Gasteiger partial charge in [-0.3, -0.25) is 9.97 Å². The zero-order valence-electron chi connectivity index (χ0n) is 9.82. The van der Waals surface area contributed by atoms with Gasteiger partial charge in [-0.1, -0.05) is 12.2 Å². The van der Waals surface area contributed by atoms with E-state index in [9.17, 15) is 0 Å². The number of hydrogen-bond donors (Lipinski definition) is 1. The van der Waals surface area contributed by atoms with Crippen molar-refractivity contribution in [2.75, 3.05) is 0 Å². The molecule has 92 valence electrons. The van der Waals surface area contributed by atoms with E-state index in [-0.39, 0.29) is 0 Å². The van der Waals surface area contributed by atoms with Crippen LogP contribution >= 0.6 is 12.2 Å². The first-order valence-corrected chi connectivity index (χ1v) is 6.02. The molecule has 0 atom stereocenters. The molecule has 1 N–H and O–H groups in total. The number of rotatable bonds is 2. The van der Waals surface area contributed by atoms with Gasteiger partial charge in [0, 0.05) is 30.4 Å². The highest BCUT2D eigenvalue weighted by Gasteiger charge is 2.05. The lowest BCUT2D eigenvalue weighted by Crippen LogP contribution is -1.95. The summed E-state index contributed by atoms with van der Waals surface area (Å²) in [5.74, 6) is 0.604. The van der Waals surface area contributed by atoms with Gasteiger partial charge >= 0.3 is 0 Å². The fraction of sp³-hybridized carbons (Fsp3) is 0. The first-order chi connectivity index (χ1) is 9.33. The number of aromatic amines is 1. The number of H-pyrrole nitrogens is 1. The maximum absolute atomic E-state index is 5.19. The van der Waals surface area contributed by atoms with E-state index in [0.717, 1.165) is 11.3 Å². The van der Waals surface area contributed by atoms with Crippen molar-refractivity contribution in [1.29, 1.82) is 0 Å². The molecule has 3 aromatic rings. The van der Waals surface area contributed by atoms with Gasteiger partial charge in [0.2, 0.25) is 0 Å². The van der Waals surface area contributed by atoms with Gasteiger partial charge in [0.05, 0.1) is 11.9 Å². The molecule has 19 heavy (non-hydrogen) atoms. The molecule has 5 nitrogen and oxygen atoms in total. The molecule has 0 saturated carbocycles. The smallest absolute Gasteiger partial charge is 0.159 e. The summed E-state index contributed by atoms with van der Waals surface area (Å²) in [4.78, 5) is 19.7. The molecule has 0 radical (unpaired) electrons. The summed E-state index contributed by atoms with van der Waals surface area (Å²) in [6.45, 7) is 0. The third kappa shape index (κ3) is 2.53. The van der Waals surface area contributed by atoms with Crippen LogP contribution in [0.4, 0.5) is 0 Å². The molecular weight excluding hydrogens is 258 g/mol. The van der Waals surface area contributed by atoms with Gasteiger partial charge in [-0.05, 0) is 18.2 Å². The monoisotopic (exact) mass is 267 g/mol. The zero-order chi connectivity index (χ0) is 13.1. The molecular formula is C13H9N5S. The van der Waals surface area contributed by atoms with Gasteiger partial charge in [-0.25, -0.2) is 9.97 Å². The summed E-state index contributed by atoms with van der Waals surface area (Å²) < 4.78 is 0.506. The van der Waals surface area contributed by atoms with Crippen LogP contribution in [0.1, 0.15) is 0 Å². The average Bonchev–Trinajstić information content (AvgIpc) is 2.48. The van der Waals surface area contributed by atoms with Crippen LogP contribution in [0.3, 0.4) is 0 Å². The highest BCUT2D eigenvalue weighted by atomic mass is 32.1. The van der Waals surface area contributed by atoms with Crippen LogP contribution in [-0.4, -0.2) is 24.9 Å². The minimum atomic E-state index is 0.506. The molecule has 0 amide bonds. The Balaban J connectivity index is 2.15. The molecule has 0 unspecified atom stereocenters. The van der Waals surface area contributed by atoms with E-state index in [1.807, 2.05) is 18.2 Å². The Hall–Kier alpha value is -2.47. The van der Waals surface area contributed by atoms with Crippen LogP contribution in [-0.2, 0) is 0 Å². The molecule has 6 heteroatoms. The van der Waals surface area contributed by atoms with E-state index in [2.05, 4.69) is 24.9 Å². The van der Waals surface area contributed by atoms with Crippen molar-refractivity contribution in [3.63, 3.8) is 0 Å². The van der Waals surface area contributed by atoms with Gasteiger partial charge in [0.25, 0.3) is 0 Å². The van der Waals surface area contributed by atoms with Crippen LogP contribution in [0, 0.1) is 4.64 Å². The van der Waals surface area contributed by atoms with Gasteiger partial charge in [0.15, 0.2) is 5.82 Å². The molecule has 3 rings (SSSR count). The number of pyridine rings is 1. The lowest BCUT2D eigenvalue weighted by Gasteiger charge is -2.05. The Morgan fingerprint density at radius 1 is 1.00 bits per heavy atom. The molecule has 0 aliphatic carbocycles. The quantitative estimate of drug-likeness (QED) is 0.723. The van der Waals surface area contributed by atoms with Gasteiger partial charge in [0.1, 0.15) is 10.3 Å². The molecule has 3 aromatic heterocycles. The van der Waals surface area contributed by atoms with Crippen molar-refractivity contribution >= 4 is 12.2 Å². The van der Waals surface area contributed by atoms with Gasteiger partial charge in [-0.2, -0.15) is 0 Å². The Morgan fingerprint density at radius 3 is 2.58 bits per heavy atom. The highest BCUT2D eigenvalue weighted by molar-refractivity contribution is 7.71. The van der Waals surface area contributed by atoms with E-state index >= 15 is 0 Å². The van der Waals surface area contributed by atoms with Crippen molar-refractivity contribution in [2.45, 2.75) is 0 Å². The third-order valence-electron chi connectivity index (χ3n) is 2.54. The molecule has 0 aliphatic heterocycles. The van der Waals surface area contributed by atoms with E-state index in [4.69, 9.17) is 12.2 Å². The zero-order valence-corrected chi connectivity index (χ0v) is 10.6. The molecule has 3 heterocycles. The standard InChI is InChI=1S/C13H9N5S/c19-12-7-10(9-1-3-14-4-2-9)17-13(18-12)11-8-15-5-6-16-11/h1-8H,(H,17,18,19). The van der Waals surface area contributed by atoms with Crippen LogP contribution in [0.25, 0.3) is 22.8 Å². The van der Waals surface area contributed by atoms with Crippen molar-refractivity contribution in [2.24, 2.45) is 0 Å². The van der Waals surface area contributed by atoms with Crippen LogP contribution in [0.5, 0.6) is 0 Å². The predicted molar refractivity (Wildman–Crippen MR) is 73.7 cm³/mol. The van der Waals surface area contributed by atoms with E-state index < -0.39 is 0 Å². The highest BCUT2D eigenvalue weighted by Crippen LogP contribution is 2.18. The van der Waals surface area contributed by atoms with Crippen molar-refractivity contribution in [1.82, 2.24) is 24.9 Å².